The molecule has 0 rings (SSSR count). The van der Waals surface area contributed by atoms with Crippen molar-refractivity contribution in [3.05, 3.63) is 0 Å². The monoisotopic (exact) mass is 176 g/mol. The molecular formula is C8H20O2Si. The van der Waals surface area contributed by atoms with Gasteiger partial charge in [0.2, 0.25) is 9.76 Å². The number of unbranched alkanes of at least 4 members (excludes halogenated alkanes) is 5. The van der Waals surface area contributed by atoms with Crippen molar-refractivity contribution < 1.29 is 9.83 Å². The van der Waals surface area contributed by atoms with Gasteiger partial charge < -0.3 is 0 Å². The normalized spacial score (nSPS) is 11.5. The summed E-state index contributed by atoms with van der Waals surface area (Å²) in [6.07, 6.45) is 7.97. The molecule has 0 aromatic rings. The van der Waals surface area contributed by atoms with Gasteiger partial charge in [0, 0.05) is 0 Å². The second-order valence-corrected chi connectivity index (χ2v) is 4.33. The molecule has 0 atom stereocenters. The molecule has 0 saturated heterocycles. The molecule has 0 saturated carbocycles. The molecule has 0 unspecified atom stereocenters. The van der Waals surface area contributed by atoms with Crippen LogP contribution in [0.15, 0.2) is 0 Å². The standard InChI is InChI=1S/C8H20O2Si/c1-2-3-4-5-6-7-8-11-10-9/h9H,2-8,11H2,1H3. The fraction of sp³-hybridized carbons (Fsp3) is 1.00. The second-order valence-electron chi connectivity index (χ2n) is 2.95. The Morgan fingerprint density at radius 2 is 1.73 bits per heavy atom. The maximum Gasteiger partial charge on any atom is 0.208 e. The summed E-state index contributed by atoms with van der Waals surface area (Å²) in [6, 6.07) is 1.13. The zero-order chi connectivity index (χ0) is 8.36. The Labute approximate surface area is 71.8 Å². The molecule has 3 heteroatoms. The van der Waals surface area contributed by atoms with Crippen LogP contribution in [0.4, 0.5) is 0 Å². The van der Waals surface area contributed by atoms with Gasteiger partial charge in [-0.05, 0) is 6.04 Å². The lowest BCUT2D eigenvalue weighted by molar-refractivity contribution is -0.138. The van der Waals surface area contributed by atoms with E-state index in [1.165, 1.54) is 38.5 Å². The highest BCUT2D eigenvalue weighted by molar-refractivity contribution is 6.26. The van der Waals surface area contributed by atoms with Crippen molar-refractivity contribution >= 4 is 9.76 Å². The lowest BCUT2D eigenvalue weighted by Crippen LogP contribution is -1.92. The molecule has 0 heterocycles. The third-order valence-corrected chi connectivity index (χ3v) is 2.81. The van der Waals surface area contributed by atoms with E-state index < -0.39 is 9.76 Å². The lowest BCUT2D eigenvalue weighted by Gasteiger charge is -1.98. The Kier molecular flexibility index (Phi) is 10.3. The van der Waals surface area contributed by atoms with Crippen LogP contribution in [0.5, 0.6) is 0 Å². The predicted molar refractivity (Wildman–Crippen MR) is 50.4 cm³/mol. The molecule has 0 fully saturated rings. The maximum absolute atomic E-state index is 8.07. The zero-order valence-electron chi connectivity index (χ0n) is 7.51. The Morgan fingerprint density at radius 1 is 1.09 bits per heavy atom. The average molecular weight is 176 g/mol. The molecule has 68 valence electrons. The van der Waals surface area contributed by atoms with Crippen LogP contribution in [-0.2, 0) is 4.58 Å². The fourth-order valence-electron chi connectivity index (χ4n) is 1.12. The van der Waals surface area contributed by atoms with E-state index in [-0.39, 0.29) is 0 Å². The van der Waals surface area contributed by atoms with Gasteiger partial charge in [0.05, 0.1) is 0 Å². The summed E-state index contributed by atoms with van der Waals surface area (Å²) in [5.74, 6) is 0. The summed E-state index contributed by atoms with van der Waals surface area (Å²) >= 11 is 0. The van der Waals surface area contributed by atoms with Crippen molar-refractivity contribution in [3.63, 3.8) is 0 Å². The molecule has 0 radical (unpaired) electrons. The minimum Gasteiger partial charge on any atom is -0.297 e. The van der Waals surface area contributed by atoms with Crippen LogP contribution < -0.4 is 0 Å². The Morgan fingerprint density at radius 3 is 2.36 bits per heavy atom. The molecule has 1 N–H and O–H groups in total. The van der Waals surface area contributed by atoms with Crippen molar-refractivity contribution in [3.8, 4) is 0 Å². The van der Waals surface area contributed by atoms with E-state index >= 15 is 0 Å². The number of rotatable bonds is 8. The third kappa shape index (κ3) is 10.1. The van der Waals surface area contributed by atoms with Gasteiger partial charge in [0.15, 0.2) is 0 Å². The van der Waals surface area contributed by atoms with Gasteiger partial charge in [-0.25, -0.2) is 0 Å². The largest absolute Gasteiger partial charge is 0.297 e. The summed E-state index contributed by atoms with van der Waals surface area (Å²) in [6.45, 7) is 2.23. The number of hydrogen-bond acceptors (Lipinski definition) is 2. The van der Waals surface area contributed by atoms with Crippen molar-refractivity contribution in [1.82, 2.24) is 0 Å². The van der Waals surface area contributed by atoms with Gasteiger partial charge in [-0.2, -0.15) is 0 Å². The summed E-state index contributed by atoms with van der Waals surface area (Å²) in [7, 11) is -0.562. The van der Waals surface area contributed by atoms with Crippen LogP contribution in [0.25, 0.3) is 0 Å². The summed E-state index contributed by atoms with van der Waals surface area (Å²) < 4.78 is 4.11. The molecule has 0 aliphatic carbocycles. The van der Waals surface area contributed by atoms with Crippen molar-refractivity contribution in [1.29, 1.82) is 0 Å². The molecule has 0 aliphatic rings. The van der Waals surface area contributed by atoms with Gasteiger partial charge >= 0.3 is 0 Å². The minimum atomic E-state index is -0.562. The van der Waals surface area contributed by atoms with E-state index in [1.54, 1.807) is 0 Å². The van der Waals surface area contributed by atoms with E-state index in [4.69, 9.17) is 5.26 Å². The molecule has 2 nitrogen and oxygen atoms in total. The molecule has 0 aliphatic heterocycles. The molecule has 11 heavy (non-hydrogen) atoms. The average Bonchev–Trinajstić information content (AvgIpc) is 2.03. The lowest BCUT2D eigenvalue weighted by atomic mass is 10.1. The van der Waals surface area contributed by atoms with Crippen molar-refractivity contribution in [2.24, 2.45) is 0 Å². The molecule has 0 aromatic heterocycles. The first-order chi connectivity index (χ1) is 5.41. The molecule has 0 amide bonds. The van der Waals surface area contributed by atoms with Crippen LogP contribution in [0, 0.1) is 0 Å². The van der Waals surface area contributed by atoms with Crippen LogP contribution >= 0.6 is 0 Å². The first-order valence-electron chi connectivity index (χ1n) is 4.68. The van der Waals surface area contributed by atoms with Crippen LogP contribution in [0.2, 0.25) is 6.04 Å². The minimum absolute atomic E-state index is 0.562. The van der Waals surface area contributed by atoms with Gasteiger partial charge in [-0.15, -0.1) is 0 Å². The van der Waals surface area contributed by atoms with Gasteiger partial charge in [-0.3, -0.25) is 9.83 Å². The SMILES string of the molecule is CCCCCCCC[SiH2]OO. The van der Waals surface area contributed by atoms with E-state index in [1.807, 2.05) is 0 Å². The smallest absolute Gasteiger partial charge is 0.208 e. The fourth-order valence-corrected chi connectivity index (χ4v) is 1.81. The Bertz CT molecular complexity index is 61.1. The third-order valence-electron chi connectivity index (χ3n) is 1.84. The van der Waals surface area contributed by atoms with Gasteiger partial charge in [-0.1, -0.05) is 45.4 Å². The summed E-state index contributed by atoms with van der Waals surface area (Å²) in [5.41, 5.74) is 0. The van der Waals surface area contributed by atoms with Gasteiger partial charge in [0.1, 0.15) is 0 Å². The van der Waals surface area contributed by atoms with Crippen LogP contribution in [0.1, 0.15) is 45.4 Å². The highest BCUT2D eigenvalue weighted by Crippen LogP contribution is 2.06. The van der Waals surface area contributed by atoms with Crippen molar-refractivity contribution in [2.45, 2.75) is 51.5 Å². The molecule has 0 spiro atoms. The van der Waals surface area contributed by atoms with Crippen LogP contribution in [0.3, 0.4) is 0 Å². The van der Waals surface area contributed by atoms with E-state index in [0.29, 0.717) is 0 Å². The summed E-state index contributed by atoms with van der Waals surface area (Å²) in [5, 5.41) is 8.07. The quantitative estimate of drug-likeness (QED) is 0.266. The van der Waals surface area contributed by atoms with Gasteiger partial charge in [0.25, 0.3) is 0 Å². The van der Waals surface area contributed by atoms with Crippen LogP contribution in [-0.4, -0.2) is 15.0 Å². The first-order valence-corrected chi connectivity index (χ1v) is 6.26. The zero-order valence-corrected chi connectivity index (χ0v) is 8.93. The summed E-state index contributed by atoms with van der Waals surface area (Å²) in [4.78, 5) is 0. The maximum atomic E-state index is 8.07. The predicted octanol–water partition coefficient (Wildman–Crippen LogP) is 2.34. The van der Waals surface area contributed by atoms with E-state index in [0.717, 1.165) is 6.04 Å². The second kappa shape index (κ2) is 10.1. The molecular weight excluding hydrogens is 156 g/mol. The topological polar surface area (TPSA) is 29.5 Å². The Balaban J connectivity index is 2.69. The van der Waals surface area contributed by atoms with E-state index in [2.05, 4.69) is 11.5 Å². The van der Waals surface area contributed by atoms with Crippen molar-refractivity contribution in [2.75, 3.05) is 0 Å². The first kappa shape index (κ1) is 11.1. The van der Waals surface area contributed by atoms with E-state index in [9.17, 15) is 0 Å². The molecule has 0 bridgehead atoms. The molecule has 0 aromatic carbocycles. The highest BCUT2D eigenvalue weighted by Gasteiger charge is 1.90. The Hall–Kier alpha value is 0.137. The number of hydrogen-bond donors (Lipinski definition) is 1. The highest BCUT2D eigenvalue weighted by atomic mass is 28.2.